The lowest BCUT2D eigenvalue weighted by atomic mass is 10.0. The number of hydrogen-bond acceptors (Lipinski definition) is 8. The molecule has 2 aromatic heterocycles. The summed E-state index contributed by atoms with van der Waals surface area (Å²) in [6.45, 7) is 3.82. The number of fused-ring (bicyclic) bond motifs is 3. The molecule has 3 heterocycles. The first-order valence-corrected chi connectivity index (χ1v) is 12.0. The highest BCUT2D eigenvalue weighted by Crippen LogP contribution is 2.44. The van der Waals surface area contributed by atoms with Gasteiger partial charge in [0, 0.05) is 62.4 Å². The Balaban J connectivity index is 1.37. The van der Waals surface area contributed by atoms with E-state index in [2.05, 4.69) is 42.5 Å². The zero-order valence-corrected chi connectivity index (χ0v) is 20.2. The molecule has 4 N–H and O–H groups in total. The number of piperazine rings is 1. The Bertz CT molecular complexity index is 1480. The number of amides is 2. The number of nitrogens with zero attached hydrogens (tertiary/aromatic N) is 6. The van der Waals surface area contributed by atoms with Gasteiger partial charge in [0.1, 0.15) is 5.69 Å². The predicted molar refractivity (Wildman–Crippen MR) is 140 cm³/mol. The summed E-state index contributed by atoms with van der Waals surface area (Å²) in [6.07, 6.45) is 4.56. The molecule has 11 heteroatoms. The lowest BCUT2D eigenvalue weighted by Gasteiger charge is -2.31. The summed E-state index contributed by atoms with van der Waals surface area (Å²) in [5, 5.41) is 13.6. The van der Waals surface area contributed by atoms with Crippen LogP contribution in [0.3, 0.4) is 0 Å². The number of benzene rings is 2. The highest BCUT2D eigenvalue weighted by atomic mass is 16.2. The van der Waals surface area contributed by atoms with E-state index in [-0.39, 0.29) is 5.78 Å². The van der Waals surface area contributed by atoms with Crippen molar-refractivity contribution in [2.24, 2.45) is 5.73 Å². The maximum atomic E-state index is 13.9. The molecule has 0 bridgehead atoms. The first-order valence-electron chi connectivity index (χ1n) is 12.0. The van der Waals surface area contributed by atoms with E-state index in [0.717, 1.165) is 37.4 Å². The Morgan fingerprint density at radius 1 is 1.05 bits per heavy atom. The van der Waals surface area contributed by atoms with Gasteiger partial charge in [-0.3, -0.25) is 19.9 Å². The summed E-state index contributed by atoms with van der Waals surface area (Å²) in [7, 11) is 1.64. The number of hydrogen-bond donors (Lipinski definition) is 3. The zero-order chi connectivity index (χ0) is 25.5. The summed E-state index contributed by atoms with van der Waals surface area (Å²) < 4.78 is 0. The van der Waals surface area contributed by atoms with Crippen LogP contribution < -0.4 is 26.0 Å². The number of H-pyrrole nitrogens is 1. The molecule has 2 aliphatic rings. The molecule has 1 saturated heterocycles. The second-order valence-corrected chi connectivity index (χ2v) is 8.87. The highest BCUT2D eigenvalue weighted by molar-refractivity contribution is 6.27. The minimum absolute atomic E-state index is 0.227. The standard InChI is InChI=1S/C26H25N9O2/c1-33(20-15-29-9-10-30-20)35(26(27)37)19-4-2-3-18-21(19)25(36)22-23(31-32-24(18)22)16-5-7-17(8-6-16)34-13-11-28-12-14-34/h2-10,15,28H,11-14H2,1H3,(H2,27,37)(H,31,32). The summed E-state index contributed by atoms with van der Waals surface area (Å²) in [5.74, 6) is 0.169. The third-order valence-corrected chi connectivity index (χ3v) is 6.77. The number of carbonyl (C=O) groups is 2. The summed E-state index contributed by atoms with van der Waals surface area (Å²) in [6, 6.07) is 12.7. The van der Waals surface area contributed by atoms with Crippen LogP contribution in [0.5, 0.6) is 0 Å². The van der Waals surface area contributed by atoms with Crippen LogP contribution in [0.4, 0.5) is 22.0 Å². The molecule has 0 spiro atoms. The van der Waals surface area contributed by atoms with Crippen LogP contribution in [0.2, 0.25) is 0 Å². The van der Waals surface area contributed by atoms with E-state index in [0.29, 0.717) is 39.6 Å². The smallest absolute Gasteiger partial charge is 0.338 e. The number of rotatable bonds is 5. The van der Waals surface area contributed by atoms with Gasteiger partial charge in [-0.25, -0.2) is 14.8 Å². The fourth-order valence-electron chi connectivity index (χ4n) is 5.00. The number of aromatic nitrogens is 4. The first-order chi connectivity index (χ1) is 18.0. The van der Waals surface area contributed by atoms with Gasteiger partial charge >= 0.3 is 6.03 Å². The lowest BCUT2D eigenvalue weighted by Crippen LogP contribution is -2.48. The summed E-state index contributed by atoms with van der Waals surface area (Å²) >= 11 is 0. The number of aromatic amines is 1. The van der Waals surface area contributed by atoms with Crippen LogP contribution in [0.15, 0.2) is 61.1 Å². The number of nitrogens with two attached hydrogens (primary N) is 1. The summed E-state index contributed by atoms with van der Waals surface area (Å²) in [4.78, 5) is 37.1. The van der Waals surface area contributed by atoms with Crippen molar-refractivity contribution in [2.75, 3.05) is 48.1 Å². The molecule has 2 amide bonds. The maximum Gasteiger partial charge on any atom is 0.338 e. The van der Waals surface area contributed by atoms with Gasteiger partial charge in [-0.05, 0) is 18.2 Å². The van der Waals surface area contributed by atoms with Gasteiger partial charge in [-0.1, -0.05) is 24.3 Å². The van der Waals surface area contributed by atoms with Gasteiger partial charge in [-0.2, -0.15) is 5.10 Å². The molecule has 0 atom stereocenters. The first kappa shape index (κ1) is 22.7. The van der Waals surface area contributed by atoms with Crippen LogP contribution >= 0.6 is 0 Å². The number of hydrazine groups is 1. The van der Waals surface area contributed by atoms with Crippen molar-refractivity contribution >= 4 is 29.0 Å². The van der Waals surface area contributed by atoms with Crippen molar-refractivity contribution in [3.05, 3.63) is 72.2 Å². The molecule has 2 aromatic carbocycles. The molecule has 11 nitrogen and oxygen atoms in total. The molecule has 1 aliphatic heterocycles. The van der Waals surface area contributed by atoms with Crippen molar-refractivity contribution in [1.29, 1.82) is 0 Å². The average molecular weight is 496 g/mol. The molecule has 4 aromatic rings. The maximum absolute atomic E-state index is 13.9. The minimum atomic E-state index is -0.760. The third-order valence-electron chi connectivity index (χ3n) is 6.77. The Kier molecular flexibility index (Phi) is 5.53. The fraction of sp³-hybridized carbons (Fsp3) is 0.192. The number of anilines is 3. The Labute approximate surface area is 212 Å². The van der Waals surface area contributed by atoms with Crippen LogP contribution in [-0.2, 0) is 0 Å². The molecule has 186 valence electrons. The largest absolute Gasteiger partial charge is 0.369 e. The molecule has 0 radical (unpaired) electrons. The van der Waals surface area contributed by atoms with E-state index >= 15 is 0 Å². The lowest BCUT2D eigenvalue weighted by molar-refractivity contribution is 0.104. The van der Waals surface area contributed by atoms with E-state index in [1.807, 2.05) is 18.2 Å². The van der Waals surface area contributed by atoms with Gasteiger partial charge in [-0.15, -0.1) is 0 Å². The quantitative estimate of drug-likeness (QED) is 0.316. The van der Waals surface area contributed by atoms with Crippen molar-refractivity contribution in [3.63, 3.8) is 0 Å². The Morgan fingerprint density at radius 2 is 1.84 bits per heavy atom. The van der Waals surface area contributed by atoms with Gasteiger partial charge in [0.25, 0.3) is 0 Å². The summed E-state index contributed by atoms with van der Waals surface area (Å²) in [5.41, 5.74) is 10.8. The second kappa shape index (κ2) is 9.03. The van der Waals surface area contributed by atoms with Gasteiger partial charge in [0.2, 0.25) is 0 Å². The van der Waals surface area contributed by atoms with E-state index in [1.165, 1.54) is 28.6 Å². The molecule has 0 unspecified atom stereocenters. The number of primary amides is 1. The van der Waals surface area contributed by atoms with Crippen molar-refractivity contribution < 1.29 is 9.59 Å². The average Bonchev–Trinajstić information content (AvgIpc) is 3.50. The van der Waals surface area contributed by atoms with E-state index in [4.69, 9.17) is 5.73 Å². The van der Waals surface area contributed by atoms with Crippen LogP contribution in [0.1, 0.15) is 15.9 Å². The number of nitrogens with one attached hydrogen (secondary N) is 2. The fourth-order valence-corrected chi connectivity index (χ4v) is 5.00. The molecule has 37 heavy (non-hydrogen) atoms. The minimum Gasteiger partial charge on any atom is -0.369 e. The van der Waals surface area contributed by atoms with E-state index in [9.17, 15) is 9.59 Å². The Hall–Kier alpha value is -4.77. The Morgan fingerprint density at radius 3 is 2.54 bits per heavy atom. The van der Waals surface area contributed by atoms with Crippen molar-refractivity contribution in [3.8, 4) is 22.5 Å². The van der Waals surface area contributed by atoms with Crippen LogP contribution in [0, 0.1) is 0 Å². The molecule has 1 aliphatic carbocycles. The predicted octanol–water partition coefficient (Wildman–Crippen LogP) is 2.42. The number of ketones is 1. The third kappa shape index (κ3) is 3.76. The SMILES string of the molecule is CN(c1cnccn1)N(C(N)=O)c1cccc2c1C(=O)c1c-2n[nH]c1-c1ccc(N2CCNCC2)cc1. The molecule has 1 fully saturated rings. The topological polar surface area (TPSA) is 136 Å². The molecule has 0 saturated carbocycles. The second-order valence-electron chi connectivity index (χ2n) is 8.87. The van der Waals surface area contributed by atoms with Gasteiger partial charge in [0.15, 0.2) is 11.6 Å². The van der Waals surface area contributed by atoms with Crippen LogP contribution in [-0.4, -0.2) is 65.2 Å². The number of carbonyl (C=O) groups excluding carboxylic acids is 2. The molecule has 6 rings (SSSR count). The van der Waals surface area contributed by atoms with E-state index < -0.39 is 6.03 Å². The monoisotopic (exact) mass is 495 g/mol. The van der Waals surface area contributed by atoms with E-state index in [1.54, 1.807) is 19.2 Å². The molecular formula is C26H25N9O2. The van der Waals surface area contributed by atoms with Crippen molar-refractivity contribution in [1.82, 2.24) is 25.5 Å². The van der Waals surface area contributed by atoms with Crippen molar-refractivity contribution in [2.45, 2.75) is 0 Å². The van der Waals surface area contributed by atoms with Crippen LogP contribution in [0.25, 0.3) is 22.5 Å². The van der Waals surface area contributed by atoms with Gasteiger partial charge in [0.05, 0.1) is 28.7 Å². The van der Waals surface area contributed by atoms with Gasteiger partial charge < -0.3 is 16.0 Å². The molecular weight excluding hydrogens is 470 g/mol. The number of urea groups is 1. The zero-order valence-electron chi connectivity index (χ0n) is 20.2. The normalized spacial score (nSPS) is 14.3. The highest BCUT2D eigenvalue weighted by Gasteiger charge is 2.37.